The van der Waals surface area contributed by atoms with Crippen LogP contribution in [0.5, 0.6) is 0 Å². The van der Waals surface area contributed by atoms with Crippen molar-refractivity contribution < 1.29 is 14.4 Å². The second-order valence-corrected chi connectivity index (χ2v) is 2.84. The van der Waals surface area contributed by atoms with E-state index >= 15 is 0 Å². The van der Waals surface area contributed by atoms with E-state index in [2.05, 4.69) is 10.4 Å². The van der Waals surface area contributed by atoms with E-state index < -0.39 is 23.5 Å². The van der Waals surface area contributed by atoms with Crippen LogP contribution in [0.1, 0.15) is 6.92 Å². The van der Waals surface area contributed by atoms with Crippen LogP contribution in [0.3, 0.4) is 0 Å². The molecule has 1 aliphatic rings. The molecule has 1 rings (SSSR count). The second kappa shape index (κ2) is 3.32. The number of amides is 5. The highest BCUT2D eigenvalue weighted by Gasteiger charge is 2.40. The van der Waals surface area contributed by atoms with Gasteiger partial charge in [-0.2, -0.15) is 5.10 Å². The average molecular weight is 199 g/mol. The minimum atomic E-state index is -1.25. The molecule has 1 saturated heterocycles. The van der Waals surface area contributed by atoms with Gasteiger partial charge in [0.05, 0.1) is 6.21 Å². The number of carbonyl (C=O) groups excluding carboxylic acids is 3. The maximum absolute atomic E-state index is 11.2. The van der Waals surface area contributed by atoms with Gasteiger partial charge in [-0.1, -0.05) is 0 Å². The summed E-state index contributed by atoms with van der Waals surface area (Å²) in [5.41, 5.74) is 5.39. The molecule has 0 bridgehead atoms. The Balaban J connectivity index is 2.67. The topological polar surface area (TPSA) is 126 Å². The van der Waals surface area contributed by atoms with Crippen LogP contribution in [0.2, 0.25) is 0 Å². The predicted molar refractivity (Wildman–Crippen MR) is 46.3 cm³/mol. The van der Waals surface area contributed by atoms with Gasteiger partial charge in [-0.05, 0) is 6.92 Å². The molecule has 0 unspecified atom stereocenters. The molecule has 0 aliphatic carbocycles. The SMILES string of the molecule is C[C@]1(/C=N/NC(N)=O)NC(=O)NC1=O. The van der Waals surface area contributed by atoms with Crippen molar-refractivity contribution in [3.05, 3.63) is 0 Å². The first kappa shape index (κ1) is 9.96. The highest BCUT2D eigenvalue weighted by atomic mass is 16.2. The van der Waals surface area contributed by atoms with E-state index in [4.69, 9.17) is 5.73 Å². The van der Waals surface area contributed by atoms with Crippen LogP contribution in [-0.4, -0.2) is 29.7 Å². The molecule has 5 N–H and O–H groups in total. The van der Waals surface area contributed by atoms with Crippen molar-refractivity contribution >= 4 is 24.2 Å². The molecule has 76 valence electrons. The lowest BCUT2D eigenvalue weighted by atomic mass is 10.1. The Morgan fingerprint density at radius 3 is 2.71 bits per heavy atom. The van der Waals surface area contributed by atoms with Gasteiger partial charge in [0.2, 0.25) is 0 Å². The number of hydrogen-bond acceptors (Lipinski definition) is 4. The summed E-state index contributed by atoms with van der Waals surface area (Å²) in [5.74, 6) is -0.544. The Hall–Kier alpha value is -2.12. The van der Waals surface area contributed by atoms with Crippen LogP contribution in [0.25, 0.3) is 0 Å². The number of carbonyl (C=O) groups is 3. The molecule has 1 atom stereocenters. The van der Waals surface area contributed by atoms with E-state index in [-0.39, 0.29) is 0 Å². The van der Waals surface area contributed by atoms with Gasteiger partial charge in [-0.25, -0.2) is 15.0 Å². The Morgan fingerprint density at radius 2 is 2.29 bits per heavy atom. The lowest BCUT2D eigenvalue weighted by Gasteiger charge is -2.13. The quantitative estimate of drug-likeness (QED) is 0.239. The number of primary amides is 1. The molecule has 14 heavy (non-hydrogen) atoms. The minimum Gasteiger partial charge on any atom is -0.350 e. The van der Waals surface area contributed by atoms with Crippen LogP contribution in [0.15, 0.2) is 5.10 Å². The summed E-state index contributed by atoms with van der Waals surface area (Å²) in [6, 6.07) is -1.46. The molecule has 0 aromatic heterocycles. The van der Waals surface area contributed by atoms with E-state index in [0.717, 1.165) is 6.21 Å². The monoisotopic (exact) mass is 199 g/mol. The zero-order chi connectivity index (χ0) is 10.8. The molecule has 8 nitrogen and oxygen atoms in total. The molecule has 0 aromatic rings. The second-order valence-electron chi connectivity index (χ2n) is 2.84. The number of hydrogen-bond donors (Lipinski definition) is 4. The van der Waals surface area contributed by atoms with Gasteiger partial charge in [0, 0.05) is 0 Å². The third kappa shape index (κ3) is 1.97. The van der Waals surface area contributed by atoms with E-state index in [1.807, 2.05) is 10.7 Å². The zero-order valence-corrected chi connectivity index (χ0v) is 7.33. The smallest absolute Gasteiger partial charge is 0.332 e. The Morgan fingerprint density at radius 1 is 1.64 bits per heavy atom. The van der Waals surface area contributed by atoms with Gasteiger partial charge >= 0.3 is 12.1 Å². The molecular weight excluding hydrogens is 190 g/mol. The molecule has 1 heterocycles. The fraction of sp³-hybridized carbons (Fsp3) is 0.333. The van der Waals surface area contributed by atoms with Crippen molar-refractivity contribution in [2.24, 2.45) is 10.8 Å². The molecule has 5 amide bonds. The van der Waals surface area contributed by atoms with Crippen LogP contribution >= 0.6 is 0 Å². The van der Waals surface area contributed by atoms with Crippen LogP contribution < -0.4 is 21.8 Å². The minimum absolute atomic E-state index is 0.544. The Kier molecular flexibility index (Phi) is 2.36. The third-order valence-electron chi connectivity index (χ3n) is 1.57. The van der Waals surface area contributed by atoms with Crippen molar-refractivity contribution in [3.8, 4) is 0 Å². The van der Waals surface area contributed by atoms with E-state index in [1.54, 1.807) is 0 Å². The number of rotatable bonds is 2. The molecule has 0 aromatic carbocycles. The van der Waals surface area contributed by atoms with Crippen LogP contribution in [-0.2, 0) is 4.79 Å². The van der Waals surface area contributed by atoms with Gasteiger partial charge in [-0.15, -0.1) is 0 Å². The van der Waals surface area contributed by atoms with Crippen LogP contribution in [0.4, 0.5) is 9.59 Å². The summed E-state index contributed by atoms with van der Waals surface area (Å²) in [7, 11) is 0. The zero-order valence-electron chi connectivity index (χ0n) is 7.33. The Bertz CT molecular complexity index is 325. The molecular formula is C6H9N5O3. The number of urea groups is 2. The molecule has 0 radical (unpaired) electrons. The maximum Gasteiger partial charge on any atom is 0.332 e. The van der Waals surface area contributed by atoms with Gasteiger partial charge in [0.25, 0.3) is 5.91 Å². The number of nitrogens with one attached hydrogen (secondary N) is 3. The summed E-state index contributed by atoms with van der Waals surface area (Å²) >= 11 is 0. The van der Waals surface area contributed by atoms with Crippen molar-refractivity contribution in [2.75, 3.05) is 0 Å². The van der Waals surface area contributed by atoms with Crippen molar-refractivity contribution in [1.82, 2.24) is 16.1 Å². The lowest BCUT2D eigenvalue weighted by molar-refractivity contribution is -0.121. The molecule has 1 aliphatic heterocycles. The number of imide groups is 1. The summed E-state index contributed by atoms with van der Waals surface area (Å²) in [6.07, 6.45) is 1.08. The predicted octanol–water partition coefficient (Wildman–Crippen LogP) is -1.76. The first-order valence-corrected chi connectivity index (χ1v) is 3.67. The first-order chi connectivity index (χ1) is 6.44. The van der Waals surface area contributed by atoms with Gasteiger partial charge < -0.3 is 11.1 Å². The normalized spacial score (nSPS) is 26.1. The highest BCUT2D eigenvalue weighted by Crippen LogP contribution is 2.05. The summed E-state index contributed by atoms with van der Waals surface area (Å²) in [6.45, 7) is 1.43. The van der Waals surface area contributed by atoms with Gasteiger partial charge in [0.1, 0.15) is 0 Å². The summed E-state index contributed by atoms with van der Waals surface area (Å²) in [4.78, 5) is 32.1. The van der Waals surface area contributed by atoms with Crippen molar-refractivity contribution in [2.45, 2.75) is 12.5 Å². The number of nitrogens with zero attached hydrogens (tertiary/aromatic N) is 1. The fourth-order valence-electron chi connectivity index (χ4n) is 0.873. The van der Waals surface area contributed by atoms with Crippen LogP contribution in [0, 0.1) is 0 Å². The van der Waals surface area contributed by atoms with E-state index in [9.17, 15) is 14.4 Å². The number of nitrogens with two attached hydrogens (primary N) is 1. The van der Waals surface area contributed by atoms with Crippen molar-refractivity contribution in [1.29, 1.82) is 0 Å². The van der Waals surface area contributed by atoms with Crippen molar-refractivity contribution in [3.63, 3.8) is 0 Å². The standard InChI is InChI=1S/C6H9N5O3/c1-6(2-8-11-4(7)13)3(12)9-5(14)10-6/h2H,1H3,(H3,7,11,13)(H2,9,10,12,14)/b8-2+/t6-/m1/s1. The molecule has 0 spiro atoms. The van der Waals surface area contributed by atoms with Gasteiger partial charge in [0.15, 0.2) is 5.54 Å². The Labute approximate surface area is 78.9 Å². The lowest BCUT2D eigenvalue weighted by Crippen LogP contribution is -2.46. The third-order valence-corrected chi connectivity index (χ3v) is 1.57. The fourth-order valence-corrected chi connectivity index (χ4v) is 0.873. The largest absolute Gasteiger partial charge is 0.350 e. The maximum atomic E-state index is 11.2. The summed E-state index contributed by atoms with van der Waals surface area (Å²) < 4.78 is 0. The molecule has 1 fully saturated rings. The highest BCUT2D eigenvalue weighted by molar-refractivity contribution is 6.16. The van der Waals surface area contributed by atoms with E-state index in [0.29, 0.717) is 0 Å². The first-order valence-electron chi connectivity index (χ1n) is 3.67. The van der Waals surface area contributed by atoms with E-state index in [1.165, 1.54) is 6.92 Å². The molecule has 8 heteroatoms. The summed E-state index contributed by atoms with van der Waals surface area (Å²) in [5, 5.41) is 7.72. The number of hydrazone groups is 1. The van der Waals surface area contributed by atoms with Gasteiger partial charge in [-0.3, -0.25) is 10.1 Å². The average Bonchev–Trinajstić information content (AvgIpc) is 2.25. The molecule has 0 saturated carbocycles.